The summed E-state index contributed by atoms with van der Waals surface area (Å²) >= 11 is 0. The van der Waals surface area contributed by atoms with Crippen LogP contribution in [0.1, 0.15) is 12.8 Å². The Morgan fingerprint density at radius 1 is 1.29 bits per heavy atom. The molecule has 138 valence electrons. The van der Waals surface area contributed by atoms with E-state index < -0.39 is 6.10 Å². The third-order valence-electron chi connectivity index (χ3n) is 3.59. The predicted molar refractivity (Wildman–Crippen MR) is 101 cm³/mol. The van der Waals surface area contributed by atoms with E-state index in [-0.39, 0.29) is 36.8 Å². The Balaban J connectivity index is 0.00000264. The lowest BCUT2D eigenvalue weighted by molar-refractivity contribution is -0.126. The van der Waals surface area contributed by atoms with Gasteiger partial charge in [0.2, 0.25) is 0 Å². The van der Waals surface area contributed by atoms with Gasteiger partial charge in [-0.3, -0.25) is 4.79 Å². The maximum atomic E-state index is 12.1. The summed E-state index contributed by atoms with van der Waals surface area (Å²) in [6, 6.07) is 7.36. The van der Waals surface area contributed by atoms with Gasteiger partial charge in [-0.25, -0.2) is 0 Å². The Kier molecular flexibility index (Phi) is 11.0. The number of carbonyl (C=O) groups is 1. The van der Waals surface area contributed by atoms with Crippen molar-refractivity contribution in [3.63, 3.8) is 0 Å². The van der Waals surface area contributed by atoms with Crippen molar-refractivity contribution in [2.24, 2.45) is 5.73 Å². The molecule has 1 aliphatic rings. The Morgan fingerprint density at radius 2 is 1.96 bits per heavy atom. The Morgan fingerprint density at radius 3 is 2.50 bits per heavy atom. The molecule has 2 atom stereocenters. The van der Waals surface area contributed by atoms with Crippen LogP contribution in [0.5, 0.6) is 5.75 Å². The van der Waals surface area contributed by atoms with Crippen LogP contribution in [-0.2, 0) is 9.53 Å². The van der Waals surface area contributed by atoms with Crippen LogP contribution in [0.15, 0.2) is 24.3 Å². The second-order valence-electron chi connectivity index (χ2n) is 5.73. The molecule has 1 fully saturated rings. The molecule has 0 saturated carbocycles. The summed E-state index contributed by atoms with van der Waals surface area (Å²) in [5, 5.41) is 2.86. The number of nitrogens with two attached hydrogens (primary N) is 1. The number of carbonyl (C=O) groups excluding carboxylic acids is 1. The van der Waals surface area contributed by atoms with Gasteiger partial charge < -0.3 is 25.4 Å². The molecule has 24 heavy (non-hydrogen) atoms. The molecule has 0 unspecified atom stereocenters. The first-order valence-corrected chi connectivity index (χ1v) is 7.62. The first-order valence-electron chi connectivity index (χ1n) is 7.62. The minimum Gasteiger partial charge on any atom is -0.492 e. The van der Waals surface area contributed by atoms with Crippen LogP contribution in [0, 0.1) is 0 Å². The van der Waals surface area contributed by atoms with E-state index in [1.54, 1.807) is 0 Å². The molecular formula is C16H27Cl2N3O3. The van der Waals surface area contributed by atoms with Crippen LogP contribution in [0.2, 0.25) is 0 Å². The number of amides is 1. The number of halogens is 2. The van der Waals surface area contributed by atoms with Crippen LogP contribution >= 0.6 is 24.8 Å². The molecular weight excluding hydrogens is 353 g/mol. The average molecular weight is 380 g/mol. The summed E-state index contributed by atoms with van der Waals surface area (Å²) in [5.41, 5.74) is 6.29. The van der Waals surface area contributed by atoms with E-state index in [9.17, 15) is 4.79 Å². The van der Waals surface area contributed by atoms with E-state index in [1.165, 1.54) is 0 Å². The van der Waals surface area contributed by atoms with Gasteiger partial charge in [-0.2, -0.15) is 0 Å². The number of ether oxygens (including phenoxy) is 2. The van der Waals surface area contributed by atoms with E-state index in [1.807, 2.05) is 38.4 Å². The molecule has 1 aliphatic heterocycles. The fourth-order valence-electron chi connectivity index (χ4n) is 2.28. The van der Waals surface area contributed by atoms with E-state index in [0.717, 1.165) is 30.8 Å². The van der Waals surface area contributed by atoms with Crippen LogP contribution in [-0.4, -0.2) is 56.8 Å². The zero-order valence-electron chi connectivity index (χ0n) is 14.1. The second kappa shape index (κ2) is 11.5. The topological polar surface area (TPSA) is 76.8 Å². The van der Waals surface area contributed by atoms with Gasteiger partial charge in [0, 0.05) is 18.8 Å². The second-order valence-corrected chi connectivity index (χ2v) is 5.73. The van der Waals surface area contributed by atoms with Gasteiger partial charge in [-0.1, -0.05) is 0 Å². The van der Waals surface area contributed by atoms with Gasteiger partial charge in [0.1, 0.15) is 18.5 Å². The third-order valence-corrected chi connectivity index (χ3v) is 3.59. The molecule has 1 amide bonds. The Bertz CT molecular complexity index is 486. The number of likely N-dealkylation sites (N-methyl/N-ethyl adjacent to an activating group) is 1. The van der Waals surface area contributed by atoms with Crippen molar-refractivity contribution < 1.29 is 14.3 Å². The summed E-state index contributed by atoms with van der Waals surface area (Å²) < 4.78 is 11.2. The largest absolute Gasteiger partial charge is 0.492 e. The van der Waals surface area contributed by atoms with Gasteiger partial charge in [-0.15, -0.1) is 24.8 Å². The van der Waals surface area contributed by atoms with Crippen LogP contribution in [0.4, 0.5) is 5.69 Å². The van der Waals surface area contributed by atoms with Gasteiger partial charge in [0.05, 0.1) is 6.10 Å². The van der Waals surface area contributed by atoms with Crippen LogP contribution in [0.3, 0.4) is 0 Å². The zero-order chi connectivity index (χ0) is 15.9. The Hall–Kier alpha value is -1.05. The van der Waals surface area contributed by atoms with Gasteiger partial charge in [0.15, 0.2) is 0 Å². The number of hydrogen-bond donors (Lipinski definition) is 2. The quantitative estimate of drug-likeness (QED) is 0.756. The minimum atomic E-state index is -0.399. The Labute approximate surface area is 155 Å². The monoisotopic (exact) mass is 379 g/mol. The number of benzene rings is 1. The highest BCUT2D eigenvalue weighted by atomic mass is 35.5. The standard InChI is InChI=1S/C16H25N3O3.2ClH/c1-19(2)9-10-21-13-5-3-12(4-6-13)18-16(20)15-8-7-14(11-17)22-15;;/h3-6,14-15H,7-11,17H2,1-2H3,(H,18,20);2*1H/t14-,15+;;/m1../s1. The predicted octanol–water partition coefficient (Wildman–Crippen LogP) is 1.92. The first-order chi connectivity index (χ1) is 10.6. The van der Waals surface area contributed by atoms with Crippen molar-refractivity contribution in [3.05, 3.63) is 24.3 Å². The number of nitrogens with zero attached hydrogens (tertiary/aromatic N) is 1. The fourth-order valence-corrected chi connectivity index (χ4v) is 2.28. The van der Waals surface area contributed by atoms with E-state index in [2.05, 4.69) is 10.2 Å². The summed E-state index contributed by atoms with van der Waals surface area (Å²) in [5.74, 6) is 0.678. The average Bonchev–Trinajstić information content (AvgIpc) is 2.98. The van der Waals surface area contributed by atoms with E-state index >= 15 is 0 Å². The number of anilines is 1. The molecule has 0 radical (unpaired) electrons. The molecule has 3 N–H and O–H groups in total. The minimum absolute atomic E-state index is 0. The lowest BCUT2D eigenvalue weighted by Crippen LogP contribution is -2.29. The SMILES string of the molecule is CN(C)CCOc1ccc(NC(=O)[C@@H]2CC[C@H](CN)O2)cc1.Cl.Cl. The van der Waals surface area contributed by atoms with E-state index in [0.29, 0.717) is 13.2 Å². The number of hydrogen-bond acceptors (Lipinski definition) is 5. The highest BCUT2D eigenvalue weighted by Gasteiger charge is 2.29. The fraction of sp³-hybridized carbons (Fsp3) is 0.562. The molecule has 2 rings (SSSR count). The van der Waals surface area contributed by atoms with Crippen molar-refractivity contribution in [3.8, 4) is 5.75 Å². The van der Waals surface area contributed by atoms with E-state index in [4.69, 9.17) is 15.2 Å². The normalized spacial score (nSPS) is 19.3. The number of rotatable bonds is 7. The molecule has 1 saturated heterocycles. The molecule has 6 nitrogen and oxygen atoms in total. The third kappa shape index (κ3) is 7.23. The molecule has 0 spiro atoms. The lowest BCUT2D eigenvalue weighted by Gasteiger charge is -2.13. The zero-order valence-corrected chi connectivity index (χ0v) is 15.7. The van der Waals surface area contributed by atoms with Crippen LogP contribution < -0.4 is 15.8 Å². The summed E-state index contributed by atoms with van der Waals surface area (Å²) in [6.07, 6.45) is 1.17. The number of nitrogens with one attached hydrogen (secondary N) is 1. The molecule has 0 aromatic heterocycles. The van der Waals surface area contributed by atoms with Gasteiger partial charge in [0.25, 0.3) is 5.91 Å². The molecule has 8 heteroatoms. The van der Waals surface area contributed by atoms with Crippen molar-refractivity contribution >= 4 is 36.4 Å². The smallest absolute Gasteiger partial charge is 0.253 e. The van der Waals surface area contributed by atoms with Crippen molar-refractivity contribution in [2.45, 2.75) is 25.0 Å². The highest BCUT2D eigenvalue weighted by Crippen LogP contribution is 2.21. The van der Waals surface area contributed by atoms with Crippen molar-refractivity contribution in [1.29, 1.82) is 0 Å². The van der Waals surface area contributed by atoms with Crippen molar-refractivity contribution in [2.75, 3.05) is 39.1 Å². The summed E-state index contributed by atoms with van der Waals surface area (Å²) in [6.45, 7) is 1.96. The lowest BCUT2D eigenvalue weighted by atomic mass is 10.2. The molecule has 0 bridgehead atoms. The van der Waals surface area contributed by atoms with Gasteiger partial charge >= 0.3 is 0 Å². The van der Waals surface area contributed by atoms with Crippen LogP contribution in [0.25, 0.3) is 0 Å². The highest BCUT2D eigenvalue weighted by molar-refractivity contribution is 5.94. The maximum absolute atomic E-state index is 12.1. The molecule has 1 aromatic carbocycles. The van der Waals surface area contributed by atoms with Crippen molar-refractivity contribution in [1.82, 2.24) is 4.90 Å². The summed E-state index contributed by atoms with van der Waals surface area (Å²) in [4.78, 5) is 14.2. The maximum Gasteiger partial charge on any atom is 0.253 e. The first kappa shape index (κ1) is 22.9. The molecule has 1 aromatic rings. The molecule has 0 aliphatic carbocycles. The molecule has 1 heterocycles. The summed E-state index contributed by atoms with van der Waals surface area (Å²) in [7, 11) is 4.00. The van der Waals surface area contributed by atoms with Gasteiger partial charge in [-0.05, 0) is 51.2 Å².